The Kier molecular flexibility index (Phi) is 2.41. The van der Waals surface area contributed by atoms with Crippen molar-refractivity contribution in [1.82, 2.24) is 5.06 Å². The quantitative estimate of drug-likeness (QED) is 0.755. The molecular weight excluding hydrogens is 260 g/mol. The molecule has 6 heteroatoms. The van der Waals surface area contributed by atoms with Crippen molar-refractivity contribution in [3.05, 3.63) is 35.4 Å². The smallest absolute Gasteiger partial charge is 0.328 e. The highest BCUT2D eigenvalue weighted by atomic mass is 16.7. The van der Waals surface area contributed by atoms with Crippen LogP contribution in [0.4, 0.5) is 0 Å². The SMILES string of the molecule is CC1CC1(C#N)C(=O)ON1C(=O)c2ccccc2C1=O. The highest BCUT2D eigenvalue weighted by Crippen LogP contribution is 2.52. The number of imide groups is 1. The second kappa shape index (κ2) is 3.90. The zero-order valence-electron chi connectivity index (χ0n) is 10.6. The average Bonchev–Trinajstić information content (AvgIpc) is 3.08. The molecule has 0 bridgehead atoms. The Hall–Kier alpha value is -2.68. The minimum absolute atomic E-state index is 0.129. The first-order valence-electron chi connectivity index (χ1n) is 6.13. The summed E-state index contributed by atoms with van der Waals surface area (Å²) in [6.07, 6.45) is 0.380. The third kappa shape index (κ3) is 1.46. The molecule has 2 aliphatic rings. The highest BCUT2D eigenvalue weighted by Gasteiger charge is 2.61. The number of amides is 2. The van der Waals surface area contributed by atoms with Crippen molar-refractivity contribution < 1.29 is 19.2 Å². The number of fused-ring (bicyclic) bond motifs is 1. The van der Waals surface area contributed by atoms with Gasteiger partial charge in [0.15, 0.2) is 5.41 Å². The van der Waals surface area contributed by atoms with E-state index >= 15 is 0 Å². The van der Waals surface area contributed by atoms with E-state index in [4.69, 9.17) is 10.1 Å². The van der Waals surface area contributed by atoms with E-state index in [2.05, 4.69) is 0 Å². The summed E-state index contributed by atoms with van der Waals surface area (Å²) in [5.41, 5.74) is -0.838. The van der Waals surface area contributed by atoms with E-state index in [1.807, 2.05) is 6.07 Å². The number of benzene rings is 1. The lowest BCUT2D eigenvalue weighted by molar-refractivity contribution is -0.173. The molecule has 2 atom stereocenters. The molecule has 0 N–H and O–H groups in total. The normalized spacial score (nSPS) is 27.0. The number of carbonyl (C=O) groups excluding carboxylic acids is 3. The summed E-state index contributed by atoms with van der Waals surface area (Å²) in [6.45, 7) is 1.74. The van der Waals surface area contributed by atoms with Crippen molar-refractivity contribution in [2.24, 2.45) is 11.3 Å². The van der Waals surface area contributed by atoms with Crippen molar-refractivity contribution in [3.8, 4) is 6.07 Å². The first-order valence-corrected chi connectivity index (χ1v) is 6.13. The van der Waals surface area contributed by atoms with Gasteiger partial charge in [-0.05, 0) is 24.5 Å². The monoisotopic (exact) mass is 270 g/mol. The van der Waals surface area contributed by atoms with Crippen LogP contribution >= 0.6 is 0 Å². The molecule has 100 valence electrons. The number of hydrogen-bond donors (Lipinski definition) is 0. The van der Waals surface area contributed by atoms with Crippen molar-refractivity contribution in [1.29, 1.82) is 5.26 Å². The fraction of sp³-hybridized carbons (Fsp3) is 0.286. The molecule has 20 heavy (non-hydrogen) atoms. The first-order chi connectivity index (χ1) is 9.51. The van der Waals surface area contributed by atoms with Crippen LogP contribution in [0.15, 0.2) is 24.3 Å². The van der Waals surface area contributed by atoms with Gasteiger partial charge in [0, 0.05) is 0 Å². The molecule has 1 aromatic carbocycles. The van der Waals surface area contributed by atoms with Crippen molar-refractivity contribution in [3.63, 3.8) is 0 Å². The Balaban J connectivity index is 1.85. The van der Waals surface area contributed by atoms with E-state index in [1.54, 1.807) is 19.1 Å². The van der Waals surface area contributed by atoms with Crippen LogP contribution in [0.5, 0.6) is 0 Å². The van der Waals surface area contributed by atoms with Crippen LogP contribution in [0.3, 0.4) is 0 Å². The maximum absolute atomic E-state index is 12.0. The largest absolute Gasteiger partial charge is 0.353 e. The van der Waals surface area contributed by atoms with Crippen LogP contribution < -0.4 is 0 Å². The lowest BCUT2D eigenvalue weighted by Gasteiger charge is -2.14. The Morgan fingerprint density at radius 1 is 1.35 bits per heavy atom. The lowest BCUT2D eigenvalue weighted by Crippen LogP contribution is -2.35. The molecule has 0 spiro atoms. The average molecular weight is 270 g/mol. The Bertz CT molecular complexity index is 656. The van der Waals surface area contributed by atoms with Crippen molar-refractivity contribution in [2.45, 2.75) is 13.3 Å². The molecule has 1 heterocycles. The van der Waals surface area contributed by atoms with Gasteiger partial charge < -0.3 is 4.84 Å². The summed E-state index contributed by atoms with van der Waals surface area (Å²) in [4.78, 5) is 40.9. The molecule has 1 aliphatic carbocycles. The van der Waals surface area contributed by atoms with Gasteiger partial charge in [0.1, 0.15) is 0 Å². The first kappa shape index (κ1) is 12.4. The topological polar surface area (TPSA) is 87.5 Å². The summed E-state index contributed by atoms with van der Waals surface area (Å²) >= 11 is 0. The standard InChI is InChI=1S/C14H10N2O4/c1-8-6-14(8,7-15)13(19)20-16-11(17)9-4-2-3-5-10(9)12(16)18/h2-5,8H,6H2,1H3. The number of rotatable bonds is 2. The molecule has 1 aliphatic heterocycles. The number of nitriles is 1. The molecule has 0 radical (unpaired) electrons. The summed E-state index contributed by atoms with van der Waals surface area (Å²) in [7, 11) is 0. The zero-order chi connectivity index (χ0) is 14.5. The van der Waals surface area contributed by atoms with Crippen molar-refractivity contribution >= 4 is 17.8 Å². The van der Waals surface area contributed by atoms with Crippen LogP contribution in [0, 0.1) is 22.7 Å². The van der Waals surface area contributed by atoms with E-state index in [1.165, 1.54) is 12.1 Å². The van der Waals surface area contributed by atoms with E-state index in [0.29, 0.717) is 11.5 Å². The van der Waals surface area contributed by atoms with Gasteiger partial charge in [0.25, 0.3) is 11.8 Å². The molecule has 3 rings (SSSR count). The number of hydroxylamine groups is 2. The third-order valence-electron chi connectivity index (χ3n) is 3.80. The van der Waals surface area contributed by atoms with E-state index in [0.717, 1.165) is 0 Å². The second-order valence-electron chi connectivity index (χ2n) is 5.02. The van der Waals surface area contributed by atoms with Gasteiger partial charge in [0.2, 0.25) is 0 Å². The summed E-state index contributed by atoms with van der Waals surface area (Å²) in [5, 5.41) is 9.48. The van der Waals surface area contributed by atoms with Crippen LogP contribution in [-0.4, -0.2) is 22.8 Å². The van der Waals surface area contributed by atoms with Crippen LogP contribution in [0.25, 0.3) is 0 Å². The van der Waals surface area contributed by atoms with Gasteiger partial charge in [-0.1, -0.05) is 24.1 Å². The zero-order valence-corrected chi connectivity index (χ0v) is 10.6. The molecule has 2 unspecified atom stereocenters. The van der Waals surface area contributed by atoms with Crippen LogP contribution in [-0.2, 0) is 9.63 Å². The van der Waals surface area contributed by atoms with Crippen LogP contribution in [0.2, 0.25) is 0 Å². The lowest BCUT2D eigenvalue weighted by atomic mass is 10.1. The maximum atomic E-state index is 12.0. The van der Waals surface area contributed by atoms with Gasteiger partial charge in [0.05, 0.1) is 17.2 Å². The Labute approximate surface area is 114 Å². The van der Waals surface area contributed by atoms with E-state index in [-0.39, 0.29) is 17.0 Å². The number of carbonyl (C=O) groups is 3. The molecule has 1 fully saturated rings. The van der Waals surface area contributed by atoms with E-state index in [9.17, 15) is 14.4 Å². The van der Waals surface area contributed by atoms with Gasteiger partial charge in [-0.15, -0.1) is 0 Å². The number of nitrogens with zero attached hydrogens (tertiary/aromatic N) is 2. The van der Waals surface area contributed by atoms with E-state index < -0.39 is 23.2 Å². The molecular formula is C14H10N2O4. The summed E-state index contributed by atoms with van der Waals surface area (Å²) in [5.74, 6) is -2.34. The Morgan fingerprint density at radius 3 is 2.25 bits per heavy atom. The fourth-order valence-electron chi connectivity index (χ4n) is 2.32. The summed E-state index contributed by atoms with van der Waals surface area (Å²) in [6, 6.07) is 8.12. The van der Waals surface area contributed by atoms with Crippen molar-refractivity contribution in [2.75, 3.05) is 0 Å². The molecule has 1 saturated carbocycles. The van der Waals surface area contributed by atoms with Gasteiger partial charge >= 0.3 is 5.97 Å². The van der Waals surface area contributed by atoms with Gasteiger partial charge in [-0.2, -0.15) is 5.26 Å². The number of hydrogen-bond acceptors (Lipinski definition) is 5. The van der Waals surface area contributed by atoms with Gasteiger partial charge in [-0.25, -0.2) is 4.79 Å². The predicted molar refractivity (Wildman–Crippen MR) is 64.9 cm³/mol. The second-order valence-corrected chi connectivity index (χ2v) is 5.02. The molecule has 2 amide bonds. The molecule has 0 aromatic heterocycles. The van der Waals surface area contributed by atoms with Crippen LogP contribution in [0.1, 0.15) is 34.1 Å². The molecule has 1 aromatic rings. The third-order valence-corrected chi connectivity index (χ3v) is 3.80. The summed E-state index contributed by atoms with van der Waals surface area (Å²) < 4.78 is 0. The molecule has 0 saturated heterocycles. The Morgan fingerprint density at radius 2 is 1.85 bits per heavy atom. The maximum Gasteiger partial charge on any atom is 0.353 e. The fourth-order valence-corrected chi connectivity index (χ4v) is 2.32. The predicted octanol–water partition coefficient (Wildman–Crippen LogP) is 1.29. The van der Waals surface area contributed by atoms with Gasteiger partial charge in [-0.3, -0.25) is 9.59 Å². The minimum Gasteiger partial charge on any atom is -0.328 e. The minimum atomic E-state index is -1.23. The molecule has 6 nitrogen and oxygen atoms in total. The highest BCUT2D eigenvalue weighted by molar-refractivity contribution is 6.21.